The lowest BCUT2D eigenvalue weighted by molar-refractivity contribution is 0.411. The molecule has 266 valence electrons. The van der Waals surface area contributed by atoms with Crippen LogP contribution in [0.4, 0.5) is 0 Å². The molecule has 0 heterocycles. The molecule has 0 fully saturated rings. The average molecular weight is 691 g/mol. The number of hydrogen-bond acceptors (Lipinski definition) is 4. The van der Waals surface area contributed by atoms with Crippen LogP contribution < -0.4 is 0 Å². The van der Waals surface area contributed by atoms with Crippen molar-refractivity contribution in [3.05, 3.63) is 190 Å². The number of hydrogen-bond donors (Lipinski definition) is 4. The molecular formula is C48H50O4. The Kier molecular flexibility index (Phi) is 9.72. The molecule has 0 saturated carbocycles. The van der Waals surface area contributed by atoms with Crippen molar-refractivity contribution in [3.8, 4) is 23.0 Å². The van der Waals surface area contributed by atoms with Gasteiger partial charge in [-0.05, 0) is 106 Å². The van der Waals surface area contributed by atoms with E-state index in [4.69, 9.17) is 0 Å². The lowest BCUT2D eigenvalue weighted by atomic mass is 9.65. The fraction of sp³-hybridized carbons (Fsp3) is 0.250. The highest BCUT2D eigenvalue weighted by molar-refractivity contribution is 5.49. The molecule has 4 nitrogen and oxygen atoms in total. The van der Waals surface area contributed by atoms with Crippen molar-refractivity contribution >= 4 is 0 Å². The number of rotatable bonds is 11. The Labute approximate surface area is 308 Å². The van der Waals surface area contributed by atoms with Crippen LogP contribution in [0.2, 0.25) is 0 Å². The molecule has 0 radical (unpaired) electrons. The van der Waals surface area contributed by atoms with Crippen LogP contribution in [-0.2, 0) is 21.7 Å². The molecule has 4 N–H and O–H groups in total. The van der Waals surface area contributed by atoms with Crippen LogP contribution in [0.5, 0.6) is 23.0 Å². The molecule has 2 unspecified atom stereocenters. The van der Waals surface area contributed by atoms with Gasteiger partial charge < -0.3 is 20.4 Å². The van der Waals surface area contributed by atoms with Gasteiger partial charge in [0.2, 0.25) is 0 Å². The molecule has 6 aromatic rings. The molecule has 0 aromatic heterocycles. The van der Waals surface area contributed by atoms with Crippen molar-refractivity contribution in [2.45, 2.75) is 76.0 Å². The van der Waals surface area contributed by atoms with Gasteiger partial charge in [0.1, 0.15) is 23.0 Å². The molecule has 52 heavy (non-hydrogen) atoms. The Morgan fingerprint density at radius 2 is 0.558 bits per heavy atom. The first-order valence-electron chi connectivity index (χ1n) is 18.0. The van der Waals surface area contributed by atoms with Crippen molar-refractivity contribution in [2.75, 3.05) is 0 Å². The van der Waals surface area contributed by atoms with E-state index in [0.717, 1.165) is 35.1 Å². The van der Waals surface area contributed by atoms with Crippen molar-refractivity contribution in [1.29, 1.82) is 0 Å². The van der Waals surface area contributed by atoms with E-state index in [9.17, 15) is 20.4 Å². The fourth-order valence-corrected chi connectivity index (χ4v) is 7.66. The van der Waals surface area contributed by atoms with Crippen LogP contribution in [0, 0.1) is 0 Å². The lowest BCUT2D eigenvalue weighted by Gasteiger charge is -2.38. The summed E-state index contributed by atoms with van der Waals surface area (Å²) in [6.45, 7) is 13.4. The van der Waals surface area contributed by atoms with Crippen LogP contribution >= 0.6 is 0 Å². The topological polar surface area (TPSA) is 80.9 Å². The summed E-state index contributed by atoms with van der Waals surface area (Å²) >= 11 is 0. The predicted molar refractivity (Wildman–Crippen MR) is 212 cm³/mol. The van der Waals surface area contributed by atoms with Crippen LogP contribution in [0.1, 0.15) is 98.9 Å². The van der Waals surface area contributed by atoms with E-state index in [1.165, 1.54) is 22.3 Å². The summed E-state index contributed by atoms with van der Waals surface area (Å²) in [7, 11) is 0. The lowest BCUT2D eigenvalue weighted by Crippen LogP contribution is -2.31. The molecule has 0 bridgehead atoms. The largest absolute Gasteiger partial charge is 0.508 e. The molecule has 0 amide bonds. The van der Waals surface area contributed by atoms with E-state index in [-0.39, 0.29) is 33.8 Å². The molecule has 0 saturated heterocycles. The van der Waals surface area contributed by atoms with Gasteiger partial charge in [-0.25, -0.2) is 0 Å². The van der Waals surface area contributed by atoms with Crippen molar-refractivity contribution in [2.24, 2.45) is 0 Å². The van der Waals surface area contributed by atoms with Gasteiger partial charge in [0, 0.05) is 21.7 Å². The number of benzene rings is 6. The fourth-order valence-electron chi connectivity index (χ4n) is 7.66. The number of phenolic OH excluding ortho intramolecular Hbond substituents is 4. The summed E-state index contributed by atoms with van der Waals surface area (Å²) in [5, 5.41) is 40.4. The molecule has 0 spiro atoms. The molecular weight excluding hydrogens is 641 g/mol. The van der Waals surface area contributed by atoms with E-state index in [2.05, 4.69) is 90.1 Å². The minimum atomic E-state index is -0.423. The zero-order valence-electron chi connectivity index (χ0n) is 31.1. The van der Waals surface area contributed by atoms with E-state index >= 15 is 0 Å². The number of phenols is 4. The zero-order valence-corrected chi connectivity index (χ0v) is 31.1. The molecule has 6 aromatic carbocycles. The summed E-state index contributed by atoms with van der Waals surface area (Å²) in [6.07, 6.45) is 1.58. The third kappa shape index (κ3) is 7.03. The Morgan fingerprint density at radius 3 is 0.923 bits per heavy atom. The van der Waals surface area contributed by atoms with Gasteiger partial charge in [0.25, 0.3) is 0 Å². The van der Waals surface area contributed by atoms with E-state index in [0.29, 0.717) is 0 Å². The van der Waals surface area contributed by atoms with Crippen LogP contribution in [0.15, 0.2) is 146 Å². The second-order valence-corrected chi connectivity index (χ2v) is 15.8. The maximum Gasteiger partial charge on any atom is 0.115 e. The molecule has 2 atom stereocenters. The summed E-state index contributed by atoms with van der Waals surface area (Å²) in [6, 6.07) is 47.9. The summed E-state index contributed by atoms with van der Waals surface area (Å²) in [4.78, 5) is 0. The van der Waals surface area contributed by atoms with Gasteiger partial charge in [-0.1, -0.05) is 139 Å². The first kappa shape index (κ1) is 36.3. The predicted octanol–water partition coefficient (Wildman–Crippen LogP) is 11.3. The van der Waals surface area contributed by atoms with E-state index in [1.54, 1.807) is 48.5 Å². The first-order valence-corrected chi connectivity index (χ1v) is 18.0. The second-order valence-electron chi connectivity index (χ2n) is 15.8. The van der Waals surface area contributed by atoms with Gasteiger partial charge in [-0.3, -0.25) is 0 Å². The molecule has 4 heteroatoms. The Bertz CT molecular complexity index is 2110. The van der Waals surface area contributed by atoms with Crippen molar-refractivity contribution in [3.63, 3.8) is 0 Å². The third-order valence-electron chi connectivity index (χ3n) is 11.8. The molecule has 6 rings (SSSR count). The van der Waals surface area contributed by atoms with Gasteiger partial charge >= 0.3 is 0 Å². The maximum absolute atomic E-state index is 10.3. The zero-order chi connectivity index (χ0) is 37.3. The van der Waals surface area contributed by atoms with Gasteiger partial charge in [0.05, 0.1) is 0 Å². The Hall–Kier alpha value is -5.48. The summed E-state index contributed by atoms with van der Waals surface area (Å²) in [5.41, 5.74) is 7.78. The SMILES string of the molecule is CC(C)(c1ccc(O)cc1)c1ccc(C(C)(CCC(C)(c2ccc(O)cc2)c2cccc(C(C)(C)c3ccc(O)cc3)c2)c2ccc(O)cc2)cc1. The Morgan fingerprint density at radius 1 is 0.308 bits per heavy atom. The maximum atomic E-state index is 10.3. The highest BCUT2D eigenvalue weighted by atomic mass is 16.3. The monoisotopic (exact) mass is 690 g/mol. The highest BCUT2D eigenvalue weighted by Crippen LogP contribution is 2.46. The standard InChI is InChI=1S/C48H50O4/c1-45(2,34-14-22-41(49)23-15-34)33-10-12-36(13-11-33)47(5,37-18-26-43(51)27-19-37)30-31-48(6,38-20-28-44(52)29-21-38)40-9-7-8-39(32-40)46(3,4)35-16-24-42(50)25-17-35/h7-29,32,49-52H,30-31H2,1-6H3. The van der Waals surface area contributed by atoms with Crippen LogP contribution in [0.25, 0.3) is 0 Å². The van der Waals surface area contributed by atoms with Gasteiger partial charge in [-0.15, -0.1) is 0 Å². The molecule has 0 aliphatic rings. The first-order chi connectivity index (χ1) is 24.6. The number of aromatic hydroxyl groups is 4. The third-order valence-corrected chi connectivity index (χ3v) is 11.8. The second kappa shape index (κ2) is 13.9. The van der Waals surface area contributed by atoms with Gasteiger partial charge in [-0.2, -0.15) is 0 Å². The van der Waals surface area contributed by atoms with Crippen LogP contribution in [-0.4, -0.2) is 20.4 Å². The summed E-state index contributed by atoms with van der Waals surface area (Å²) < 4.78 is 0. The molecule has 0 aliphatic heterocycles. The van der Waals surface area contributed by atoms with Crippen LogP contribution in [0.3, 0.4) is 0 Å². The smallest absolute Gasteiger partial charge is 0.115 e. The minimum Gasteiger partial charge on any atom is -0.508 e. The highest BCUT2D eigenvalue weighted by Gasteiger charge is 2.37. The normalized spacial score (nSPS) is 14.3. The van der Waals surface area contributed by atoms with E-state index in [1.807, 2.05) is 48.5 Å². The molecule has 0 aliphatic carbocycles. The Balaban J connectivity index is 1.41. The van der Waals surface area contributed by atoms with Gasteiger partial charge in [0.15, 0.2) is 0 Å². The minimum absolute atomic E-state index is 0.234. The van der Waals surface area contributed by atoms with E-state index < -0.39 is 10.8 Å². The van der Waals surface area contributed by atoms with Crippen molar-refractivity contribution < 1.29 is 20.4 Å². The quantitative estimate of drug-likeness (QED) is 0.109. The van der Waals surface area contributed by atoms with Crippen molar-refractivity contribution in [1.82, 2.24) is 0 Å². The summed E-state index contributed by atoms with van der Waals surface area (Å²) in [5.74, 6) is 0.976. The average Bonchev–Trinajstić information content (AvgIpc) is 3.15.